The molecule has 0 radical (unpaired) electrons. The summed E-state index contributed by atoms with van der Waals surface area (Å²) in [5.41, 5.74) is 0.301. The van der Waals surface area contributed by atoms with Crippen molar-refractivity contribution >= 4 is 15.9 Å². The van der Waals surface area contributed by atoms with E-state index in [2.05, 4.69) is 9.71 Å². The largest absolute Gasteiger partial charge is 0.392 e. The summed E-state index contributed by atoms with van der Waals surface area (Å²) < 4.78 is 26.4. The number of aliphatic imine (C=N–C) groups is 1. The summed E-state index contributed by atoms with van der Waals surface area (Å²) in [5, 5.41) is 9.71. The van der Waals surface area contributed by atoms with Crippen molar-refractivity contribution in [1.82, 2.24) is 4.72 Å². The molecule has 0 saturated heterocycles. The highest BCUT2D eigenvalue weighted by Gasteiger charge is 2.48. The van der Waals surface area contributed by atoms with Gasteiger partial charge in [0, 0.05) is 11.0 Å². The van der Waals surface area contributed by atoms with Crippen molar-refractivity contribution in [1.29, 1.82) is 0 Å². The molecule has 2 aliphatic rings. The number of hydrogen-bond donors (Lipinski definition) is 2. The van der Waals surface area contributed by atoms with E-state index in [9.17, 15) is 13.5 Å². The quantitative estimate of drug-likeness (QED) is 0.801. The van der Waals surface area contributed by atoms with E-state index in [0.29, 0.717) is 17.8 Å². The summed E-state index contributed by atoms with van der Waals surface area (Å²) in [4.78, 5) is 4.76. The lowest BCUT2D eigenvalue weighted by Gasteiger charge is -2.47. The van der Waals surface area contributed by atoms with Crippen LogP contribution in [0.4, 0.5) is 0 Å². The van der Waals surface area contributed by atoms with E-state index in [0.717, 1.165) is 0 Å². The van der Waals surface area contributed by atoms with Crippen LogP contribution in [0.15, 0.2) is 34.2 Å². The van der Waals surface area contributed by atoms with Crippen LogP contribution in [0.1, 0.15) is 25.8 Å². The van der Waals surface area contributed by atoms with Gasteiger partial charge in [0.25, 0.3) is 10.0 Å². The van der Waals surface area contributed by atoms with Gasteiger partial charge in [-0.25, -0.2) is 8.42 Å². The van der Waals surface area contributed by atoms with Crippen molar-refractivity contribution < 1.29 is 13.5 Å². The first-order valence-corrected chi connectivity index (χ1v) is 7.69. The molecule has 1 aromatic rings. The van der Waals surface area contributed by atoms with Crippen molar-refractivity contribution in [2.24, 2.45) is 10.4 Å². The van der Waals surface area contributed by atoms with Gasteiger partial charge in [-0.2, -0.15) is 0 Å². The Morgan fingerprint density at radius 1 is 1.37 bits per heavy atom. The number of aliphatic hydroxyl groups is 1. The van der Waals surface area contributed by atoms with Gasteiger partial charge in [-0.3, -0.25) is 9.71 Å². The van der Waals surface area contributed by atoms with Gasteiger partial charge in [-0.15, -0.1) is 0 Å². The third-order valence-electron chi connectivity index (χ3n) is 4.11. The highest BCUT2D eigenvalue weighted by molar-refractivity contribution is 7.90. The molecular weight excluding hydrogens is 264 g/mol. The summed E-state index contributed by atoms with van der Waals surface area (Å²) in [6, 6.07) is 6.73. The number of nitrogens with one attached hydrogen (secondary N) is 1. The van der Waals surface area contributed by atoms with E-state index in [1.165, 1.54) is 0 Å². The lowest BCUT2D eigenvalue weighted by Crippen LogP contribution is -2.52. The number of aliphatic hydroxyl groups excluding tert-OH is 1. The number of nitrogens with zero attached hydrogens (tertiary/aromatic N) is 1. The molecule has 1 saturated carbocycles. The van der Waals surface area contributed by atoms with Crippen LogP contribution in [0.5, 0.6) is 0 Å². The van der Waals surface area contributed by atoms with Crippen LogP contribution in [0, 0.1) is 5.41 Å². The molecule has 0 amide bonds. The molecule has 19 heavy (non-hydrogen) atoms. The second-order valence-electron chi connectivity index (χ2n) is 5.67. The van der Waals surface area contributed by atoms with E-state index in [1.54, 1.807) is 24.3 Å². The molecule has 0 spiro atoms. The average Bonchev–Trinajstić information content (AvgIpc) is 2.62. The Bertz CT molecular complexity index is 664. The fraction of sp³-hybridized carbons (Fsp3) is 0.462. The van der Waals surface area contributed by atoms with Gasteiger partial charge in [0.15, 0.2) is 0 Å². The molecule has 102 valence electrons. The zero-order chi connectivity index (χ0) is 13.8. The lowest BCUT2D eigenvalue weighted by atomic mass is 9.65. The maximum atomic E-state index is 11.9. The Balaban J connectivity index is 2.01. The Labute approximate surface area is 112 Å². The standard InChI is InChI=1S/C13H16N2O3S/c1-13(2)10(7-11(13)16)14-12-8-5-3-4-6-9(8)19(17,18)15-12/h3-6,10-11,16H,7H2,1-2H3,(H,14,15). The Morgan fingerprint density at radius 2 is 2.05 bits per heavy atom. The summed E-state index contributed by atoms with van der Waals surface area (Å²) in [6.07, 6.45) is 0.190. The minimum absolute atomic E-state index is 0.0636. The summed E-state index contributed by atoms with van der Waals surface area (Å²) in [7, 11) is -3.48. The molecule has 3 rings (SSSR count). The van der Waals surface area contributed by atoms with Crippen LogP contribution >= 0.6 is 0 Å². The third kappa shape index (κ3) is 1.78. The Morgan fingerprint density at radius 3 is 2.68 bits per heavy atom. The molecule has 1 fully saturated rings. The van der Waals surface area contributed by atoms with Crippen molar-refractivity contribution in [3.63, 3.8) is 0 Å². The van der Waals surface area contributed by atoms with E-state index in [4.69, 9.17) is 0 Å². The normalized spacial score (nSPS) is 32.5. The van der Waals surface area contributed by atoms with Crippen LogP contribution < -0.4 is 4.72 Å². The minimum Gasteiger partial charge on any atom is -0.392 e. The molecule has 2 atom stereocenters. The van der Waals surface area contributed by atoms with Crippen molar-refractivity contribution in [3.05, 3.63) is 29.8 Å². The number of rotatable bonds is 1. The van der Waals surface area contributed by atoms with E-state index in [1.807, 2.05) is 13.8 Å². The van der Waals surface area contributed by atoms with E-state index < -0.39 is 10.0 Å². The third-order valence-corrected chi connectivity index (χ3v) is 5.51. The minimum atomic E-state index is -3.48. The molecule has 0 bridgehead atoms. The monoisotopic (exact) mass is 280 g/mol. The summed E-state index contributed by atoms with van der Waals surface area (Å²) >= 11 is 0. The van der Waals surface area contributed by atoms with Crippen molar-refractivity contribution in [3.8, 4) is 0 Å². The maximum absolute atomic E-state index is 11.9. The van der Waals surface area contributed by atoms with Gasteiger partial charge in [-0.05, 0) is 18.6 Å². The first-order valence-electron chi connectivity index (χ1n) is 6.20. The predicted octanol–water partition coefficient (Wildman–Crippen LogP) is 0.884. The van der Waals surface area contributed by atoms with Crippen LogP contribution in [-0.4, -0.2) is 31.5 Å². The number of sulfonamides is 1. The number of amidine groups is 1. The molecular formula is C13H16N2O3S. The number of hydrogen-bond acceptors (Lipinski definition) is 4. The molecule has 2 unspecified atom stereocenters. The van der Waals surface area contributed by atoms with Gasteiger partial charge >= 0.3 is 0 Å². The van der Waals surface area contributed by atoms with Crippen LogP contribution in [-0.2, 0) is 10.0 Å². The van der Waals surface area contributed by atoms with Crippen molar-refractivity contribution in [2.45, 2.75) is 37.3 Å². The van der Waals surface area contributed by atoms with Gasteiger partial charge < -0.3 is 5.11 Å². The van der Waals surface area contributed by atoms with Gasteiger partial charge in [-0.1, -0.05) is 26.0 Å². The van der Waals surface area contributed by atoms with Gasteiger partial charge in [0.05, 0.1) is 17.0 Å². The lowest BCUT2D eigenvalue weighted by molar-refractivity contribution is -0.0576. The fourth-order valence-corrected chi connectivity index (χ4v) is 3.72. The molecule has 0 aromatic heterocycles. The van der Waals surface area contributed by atoms with E-state index >= 15 is 0 Å². The molecule has 1 heterocycles. The summed E-state index contributed by atoms with van der Waals surface area (Å²) in [6.45, 7) is 3.87. The van der Waals surface area contributed by atoms with Crippen LogP contribution in [0.3, 0.4) is 0 Å². The first-order chi connectivity index (χ1) is 8.82. The number of fused-ring (bicyclic) bond motifs is 1. The second-order valence-corrected chi connectivity index (χ2v) is 7.32. The molecule has 2 N–H and O–H groups in total. The van der Waals surface area contributed by atoms with Gasteiger partial charge in [0.1, 0.15) is 5.84 Å². The van der Waals surface area contributed by atoms with Crippen LogP contribution in [0.25, 0.3) is 0 Å². The molecule has 1 aromatic carbocycles. The molecule has 1 aliphatic heterocycles. The fourth-order valence-electron chi connectivity index (χ4n) is 2.49. The molecule has 6 heteroatoms. The Kier molecular flexibility index (Phi) is 2.53. The SMILES string of the molecule is CC1(C)C(O)CC1N=C1NS(=O)(=O)c2ccccc21. The zero-order valence-corrected chi connectivity index (χ0v) is 11.6. The number of benzene rings is 1. The smallest absolute Gasteiger partial charge is 0.263 e. The maximum Gasteiger partial charge on any atom is 0.263 e. The second kappa shape index (κ2) is 3.80. The molecule has 5 nitrogen and oxygen atoms in total. The van der Waals surface area contributed by atoms with E-state index in [-0.39, 0.29) is 22.5 Å². The highest BCUT2D eigenvalue weighted by atomic mass is 32.2. The van der Waals surface area contributed by atoms with Crippen LogP contribution in [0.2, 0.25) is 0 Å². The average molecular weight is 280 g/mol. The summed E-state index contributed by atoms with van der Waals surface area (Å²) in [5.74, 6) is 0.389. The predicted molar refractivity (Wildman–Crippen MR) is 71.5 cm³/mol. The van der Waals surface area contributed by atoms with Crippen molar-refractivity contribution in [2.75, 3.05) is 0 Å². The first kappa shape index (κ1) is 12.6. The zero-order valence-electron chi connectivity index (χ0n) is 10.8. The topological polar surface area (TPSA) is 78.8 Å². The molecule has 1 aliphatic carbocycles. The Hall–Kier alpha value is -1.40. The highest BCUT2D eigenvalue weighted by Crippen LogP contribution is 2.43. The van der Waals surface area contributed by atoms with Gasteiger partial charge in [0.2, 0.25) is 0 Å².